The molecule has 1 heterocycles. The summed E-state index contributed by atoms with van der Waals surface area (Å²) in [4.78, 5) is 31.6. The van der Waals surface area contributed by atoms with E-state index in [4.69, 9.17) is 11.6 Å². The van der Waals surface area contributed by atoms with Crippen LogP contribution >= 0.6 is 11.6 Å². The third kappa shape index (κ3) is 5.76. The van der Waals surface area contributed by atoms with E-state index in [1.54, 1.807) is 36.7 Å². The minimum Gasteiger partial charge on any atom is -0.351 e. The van der Waals surface area contributed by atoms with Gasteiger partial charge in [-0.05, 0) is 36.6 Å². The lowest BCUT2D eigenvalue weighted by Crippen LogP contribution is -2.47. The number of hydrogen-bond acceptors (Lipinski definition) is 3. The lowest BCUT2D eigenvalue weighted by atomic mass is 9.94. The van der Waals surface area contributed by atoms with Crippen molar-refractivity contribution in [2.24, 2.45) is 0 Å². The Morgan fingerprint density at radius 2 is 1.90 bits per heavy atom. The van der Waals surface area contributed by atoms with Crippen molar-refractivity contribution in [2.75, 3.05) is 5.88 Å². The van der Waals surface area contributed by atoms with Crippen LogP contribution in [-0.4, -0.2) is 33.6 Å². The monoisotopic (exact) mass is 417 g/mol. The minimum absolute atomic E-state index is 0.106. The predicted octanol–water partition coefficient (Wildman–Crippen LogP) is 3.98. The minimum atomic E-state index is -0.859. The second kappa shape index (κ2) is 10.3. The normalized spacial score (nSPS) is 15.5. The molecule has 7 heteroatoms. The predicted molar refractivity (Wildman–Crippen MR) is 110 cm³/mol. The van der Waals surface area contributed by atoms with Crippen molar-refractivity contribution < 1.29 is 14.0 Å². The van der Waals surface area contributed by atoms with Crippen molar-refractivity contribution >= 4 is 23.4 Å². The van der Waals surface area contributed by atoms with E-state index in [1.807, 2.05) is 0 Å². The molecule has 1 aliphatic rings. The van der Waals surface area contributed by atoms with E-state index >= 15 is 0 Å². The van der Waals surface area contributed by atoms with Gasteiger partial charge in [-0.2, -0.15) is 0 Å². The molecule has 5 nitrogen and oxygen atoms in total. The third-order valence-corrected chi connectivity index (χ3v) is 5.44. The number of nitrogens with zero attached hydrogens (tertiary/aromatic N) is 2. The molecule has 0 radical (unpaired) electrons. The van der Waals surface area contributed by atoms with Crippen LogP contribution in [0.1, 0.15) is 49.3 Å². The summed E-state index contributed by atoms with van der Waals surface area (Å²) in [6.45, 7) is 0.142. The molecular formula is C22H25ClFN3O2. The van der Waals surface area contributed by atoms with Crippen LogP contribution in [0.15, 0.2) is 48.8 Å². The van der Waals surface area contributed by atoms with Gasteiger partial charge in [0.2, 0.25) is 11.8 Å². The summed E-state index contributed by atoms with van der Waals surface area (Å²) < 4.78 is 13.3. The molecule has 1 aromatic carbocycles. The number of pyridine rings is 1. The highest BCUT2D eigenvalue weighted by Gasteiger charge is 2.32. The SMILES string of the molecule is O=C(NC1CCCCC1)[C@@H](c1cccnc1)N(Cc1ccc(F)cc1)C(=O)CCl. The van der Waals surface area contributed by atoms with Gasteiger partial charge < -0.3 is 10.2 Å². The van der Waals surface area contributed by atoms with Gasteiger partial charge in [0.15, 0.2) is 0 Å². The Morgan fingerprint density at radius 1 is 1.17 bits per heavy atom. The Kier molecular flexibility index (Phi) is 7.58. The molecule has 2 aromatic rings. The first-order valence-electron chi connectivity index (χ1n) is 9.88. The first-order valence-corrected chi connectivity index (χ1v) is 10.4. The molecule has 3 rings (SSSR count). The Balaban J connectivity index is 1.90. The molecule has 29 heavy (non-hydrogen) atoms. The van der Waals surface area contributed by atoms with Crippen LogP contribution in [-0.2, 0) is 16.1 Å². The van der Waals surface area contributed by atoms with Crippen LogP contribution < -0.4 is 5.32 Å². The van der Waals surface area contributed by atoms with Crippen molar-refractivity contribution in [3.05, 3.63) is 65.7 Å². The summed E-state index contributed by atoms with van der Waals surface area (Å²) in [6.07, 6.45) is 8.43. The quantitative estimate of drug-likeness (QED) is 0.693. The van der Waals surface area contributed by atoms with Gasteiger partial charge in [0, 0.05) is 30.5 Å². The molecule has 1 aliphatic carbocycles. The third-order valence-electron chi connectivity index (χ3n) is 5.21. The van der Waals surface area contributed by atoms with Gasteiger partial charge in [-0.1, -0.05) is 37.5 Å². The molecule has 0 unspecified atom stereocenters. The number of carbonyl (C=O) groups is 2. The number of carbonyl (C=O) groups excluding carboxylic acids is 2. The number of amides is 2. The summed E-state index contributed by atoms with van der Waals surface area (Å²) in [5, 5.41) is 3.11. The number of nitrogens with one attached hydrogen (secondary N) is 1. The molecule has 0 saturated heterocycles. The average Bonchev–Trinajstić information content (AvgIpc) is 2.75. The molecule has 0 spiro atoms. The van der Waals surface area contributed by atoms with Crippen molar-refractivity contribution in [3.63, 3.8) is 0 Å². The van der Waals surface area contributed by atoms with Crippen molar-refractivity contribution in [2.45, 2.75) is 50.7 Å². The maximum atomic E-state index is 13.3. The molecular weight excluding hydrogens is 393 g/mol. The topological polar surface area (TPSA) is 62.3 Å². The van der Waals surface area contributed by atoms with Crippen molar-refractivity contribution in [1.29, 1.82) is 0 Å². The van der Waals surface area contributed by atoms with Crippen LogP contribution in [0.5, 0.6) is 0 Å². The van der Waals surface area contributed by atoms with E-state index < -0.39 is 6.04 Å². The van der Waals surface area contributed by atoms with E-state index in [9.17, 15) is 14.0 Å². The first kappa shape index (κ1) is 21.2. The van der Waals surface area contributed by atoms with E-state index in [2.05, 4.69) is 10.3 Å². The fourth-order valence-corrected chi connectivity index (χ4v) is 3.88. The van der Waals surface area contributed by atoms with E-state index in [0.717, 1.165) is 25.7 Å². The molecule has 2 amide bonds. The summed E-state index contributed by atoms with van der Waals surface area (Å²) >= 11 is 5.87. The molecule has 1 saturated carbocycles. The number of rotatable bonds is 7. The highest BCUT2D eigenvalue weighted by molar-refractivity contribution is 6.27. The van der Waals surface area contributed by atoms with Crippen LogP contribution in [0.25, 0.3) is 0 Å². The van der Waals surface area contributed by atoms with E-state index in [-0.39, 0.29) is 36.1 Å². The Hall–Kier alpha value is -2.47. The van der Waals surface area contributed by atoms with Crippen LogP contribution in [0.4, 0.5) is 4.39 Å². The highest BCUT2D eigenvalue weighted by atomic mass is 35.5. The number of aromatic nitrogens is 1. The van der Waals surface area contributed by atoms with Crippen LogP contribution in [0.2, 0.25) is 0 Å². The molecule has 1 N–H and O–H groups in total. The van der Waals surface area contributed by atoms with Gasteiger partial charge in [0.1, 0.15) is 17.7 Å². The number of halogens is 2. The Bertz CT molecular complexity index is 811. The van der Waals surface area contributed by atoms with Gasteiger partial charge in [-0.3, -0.25) is 14.6 Å². The number of benzene rings is 1. The standard InChI is InChI=1S/C22H25ClFN3O2/c23-13-20(28)27(15-16-8-10-18(24)11-9-16)21(17-5-4-12-25-14-17)22(29)26-19-6-2-1-3-7-19/h4-5,8-12,14,19,21H,1-3,6-7,13,15H2,(H,26,29)/t21-/m1/s1. The summed E-state index contributed by atoms with van der Waals surface area (Å²) in [6, 6.07) is 8.62. The van der Waals surface area contributed by atoms with Crippen LogP contribution in [0, 0.1) is 5.82 Å². The smallest absolute Gasteiger partial charge is 0.247 e. The second-order valence-electron chi connectivity index (χ2n) is 7.31. The van der Waals surface area contributed by atoms with Crippen molar-refractivity contribution in [1.82, 2.24) is 15.2 Å². The largest absolute Gasteiger partial charge is 0.351 e. The summed E-state index contributed by atoms with van der Waals surface area (Å²) in [5.41, 5.74) is 1.32. The first-order chi connectivity index (χ1) is 14.1. The fourth-order valence-electron chi connectivity index (χ4n) is 3.72. The van der Waals surface area contributed by atoms with Crippen LogP contribution in [0.3, 0.4) is 0 Å². The zero-order chi connectivity index (χ0) is 20.6. The number of alkyl halides is 1. The molecule has 1 fully saturated rings. The van der Waals surface area contributed by atoms with Gasteiger partial charge >= 0.3 is 0 Å². The maximum Gasteiger partial charge on any atom is 0.247 e. The van der Waals surface area contributed by atoms with E-state index in [0.29, 0.717) is 11.1 Å². The fraction of sp³-hybridized carbons (Fsp3) is 0.409. The lowest BCUT2D eigenvalue weighted by Gasteiger charge is -2.33. The summed E-state index contributed by atoms with van der Waals surface area (Å²) in [5.74, 6) is -1.23. The lowest BCUT2D eigenvalue weighted by molar-refractivity contribution is -0.140. The van der Waals surface area contributed by atoms with Crippen molar-refractivity contribution in [3.8, 4) is 0 Å². The van der Waals surface area contributed by atoms with E-state index in [1.165, 1.54) is 23.5 Å². The Labute approximate surface area is 175 Å². The second-order valence-corrected chi connectivity index (χ2v) is 7.58. The van der Waals surface area contributed by atoms with Gasteiger partial charge in [-0.15, -0.1) is 11.6 Å². The molecule has 154 valence electrons. The zero-order valence-corrected chi connectivity index (χ0v) is 16.9. The molecule has 0 aliphatic heterocycles. The van der Waals surface area contributed by atoms with Gasteiger partial charge in [0.05, 0.1) is 0 Å². The van der Waals surface area contributed by atoms with Gasteiger partial charge in [-0.25, -0.2) is 4.39 Å². The zero-order valence-electron chi connectivity index (χ0n) is 16.2. The molecule has 0 bridgehead atoms. The Morgan fingerprint density at radius 3 is 2.52 bits per heavy atom. The average molecular weight is 418 g/mol. The molecule has 1 aromatic heterocycles. The highest BCUT2D eigenvalue weighted by Crippen LogP contribution is 2.25. The summed E-state index contributed by atoms with van der Waals surface area (Å²) in [7, 11) is 0. The number of hydrogen-bond donors (Lipinski definition) is 1. The molecule has 1 atom stereocenters. The van der Waals surface area contributed by atoms with Gasteiger partial charge in [0.25, 0.3) is 0 Å². The maximum absolute atomic E-state index is 13.3.